The lowest BCUT2D eigenvalue weighted by atomic mass is 9.76. The fourth-order valence-electron chi connectivity index (χ4n) is 4.30. The van der Waals surface area contributed by atoms with Gasteiger partial charge in [-0.25, -0.2) is 0 Å². The van der Waals surface area contributed by atoms with Crippen molar-refractivity contribution in [2.75, 3.05) is 7.11 Å². The van der Waals surface area contributed by atoms with Crippen LogP contribution in [0.15, 0.2) is 12.7 Å². The molecule has 2 rings (SSSR count). The quantitative estimate of drug-likeness (QED) is 0.686. The number of hydrogen-bond donors (Lipinski definition) is 0. The number of fused-ring (bicyclic) bond motifs is 1. The third-order valence-corrected chi connectivity index (χ3v) is 4.53. The lowest BCUT2D eigenvalue weighted by Crippen LogP contribution is -2.31. The molecule has 0 N–H and O–H groups in total. The molecule has 16 heavy (non-hydrogen) atoms. The average Bonchev–Trinajstić information content (AvgIpc) is 2.51. The largest absolute Gasteiger partial charge is 0.381 e. The standard InChI is InChI=1S/C14H22O2/c1-5-6-14-8-10(15)7-11(14)12(16-4)13(2,3)9-14/h5,11-12H,1,6-9H2,2-4H3/t11-,12-,14+/m1/s1. The number of ether oxygens (including phenoxy) is 1. The van der Waals surface area contributed by atoms with Crippen molar-refractivity contribution >= 4 is 5.78 Å². The Bertz CT molecular complexity index is 319. The minimum absolute atomic E-state index is 0.142. The molecule has 2 nitrogen and oxygen atoms in total. The van der Waals surface area contributed by atoms with Crippen LogP contribution in [0, 0.1) is 16.7 Å². The molecular formula is C14H22O2. The number of methoxy groups -OCH3 is 1. The molecule has 2 heteroatoms. The summed E-state index contributed by atoms with van der Waals surface area (Å²) >= 11 is 0. The zero-order valence-electron chi connectivity index (χ0n) is 10.6. The van der Waals surface area contributed by atoms with Gasteiger partial charge in [0, 0.05) is 20.0 Å². The van der Waals surface area contributed by atoms with Gasteiger partial charge in [0.15, 0.2) is 0 Å². The summed E-state index contributed by atoms with van der Waals surface area (Å²) in [5.41, 5.74) is 0.326. The predicted molar refractivity (Wildman–Crippen MR) is 64.2 cm³/mol. The summed E-state index contributed by atoms with van der Waals surface area (Å²) in [5.74, 6) is 0.808. The minimum atomic E-state index is 0.142. The maximum absolute atomic E-state index is 11.7. The van der Waals surface area contributed by atoms with Gasteiger partial charge in [0.25, 0.3) is 0 Å². The second-order valence-corrected chi connectivity index (χ2v) is 6.20. The van der Waals surface area contributed by atoms with Crippen LogP contribution >= 0.6 is 0 Å². The molecule has 0 aromatic carbocycles. The Labute approximate surface area is 98.1 Å². The number of hydrogen-bond acceptors (Lipinski definition) is 2. The highest BCUT2D eigenvalue weighted by Crippen LogP contribution is 2.62. The van der Waals surface area contributed by atoms with Gasteiger partial charge in [-0.05, 0) is 29.6 Å². The lowest BCUT2D eigenvalue weighted by molar-refractivity contribution is -0.119. The van der Waals surface area contributed by atoms with Gasteiger partial charge in [-0.3, -0.25) is 4.79 Å². The number of Topliss-reactive ketones (excluding diaryl/α,β-unsaturated/α-hetero) is 1. The second kappa shape index (κ2) is 3.69. The van der Waals surface area contributed by atoms with Crippen molar-refractivity contribution in [1.82, 2.24) is 0 Å². The Morgan fingerprint density at radius 1 is 1.56 bits per heavy atom. The normalized spacial score (nSPS) is 41.1. The van der Waals surface area contributed by atoms with Crippen LogP contribution in [0.2, 0.25) is 0 Å². The first-order valence-corrected chi connectivity index (χ1v) is 6.10. The smallest absolute Gasteiger partial charge is 0.133 e. The zero-order chi connectivity index (χ0) is 12.0. The monoisotopic (exact) mass is 222 g/mol. The van der Waals surface area contributed by atoms with Gasteiger partial charge in [-0.1, -0.05) is 19.9 Å². The van der Waals surface area contributed by atoms with E-state index in [2.05, 4.69) is 20.4 Å². The van der Waals surface area contributed by atoms with Gasteiger partial charge in [-0.15, -0.1) is 6.58 Å². The number of rotatable bonds is 3. The van der Waals surface area contributed by atoms with E-state index >= 15 is 0 Å². The summed E-state index contributed by atoms with van der Waals surface area (Å²) in [5, 5.41) is 0. The van der Waals surface area contributed by atoms with E-state index in [1.807, 2.05) is 6.08 Å². The van der Waals surface area contributed by atoms with Gasteiger partial charge >= 0.3 is 0 Å². The van der Waals surface area contributed by atoms with Crippen molar-refractivity contribution in [3.8, 4) is 0 Å². The van der Waals surface area contributed by atoms with E-state index in [0.29, 0.717) is 18.1 Å². The van der Waals surface area contributed by atoms with Gasteiger partial charge in [0.2, 0.25) is 0 Å². The van der Waals surface area contributed by atoms with Crippen molar-refractivity contribution in [1.29, 1.82) is 0 Å². The first-order chi connectivity index (χ1) is 7.45. The van der Waals surface area contributed by atoms with Crippen molar-refractivity contribution in [3.63, 3.8) is 0 Å². The fourth-order valence-corrected chi connectivity index (χ4v) is 4.30. The number of carbonyl (C=O) groups excluding carboxylic acids is 1. The summed E-state index contributed by atoms with van der Waals surface area (Å²) in [4.78, 5) is 11.7. The molecule has 0 unspecified atom stereocenters. The van der Waals surface area contributed by atoms with E-state index in [1.54, 1.807) is 7.11 Å². The summed E-state index contributed by atoms with van der Waals surface area (Å²) < 4.78 is 5.67. The van der Waals surface area contributed by atoms with Crippen LogP contribution in [-0.4, -0.2) is 19.0 Å². The molecule has 0 saturated heterocycles. The molecule has 0 aliphatic heterocycles. The first-order valence-electron chi connectivity index (χ1n) is 6.10. The Balaban J connectivity index is 2.34. The highest BCUT2D eigenvalue weighted by Gasteiger charge is 2.60. The maximum atomic E-state index is 11.7. The molecule has 0 radical (unpaired) electrons. The molecule has 0 heterocycles. The zero-order valence-corrected chi connectivity index (χ0v) is 10.6. The van der Waals surface area contributed by atoms with Crippen molar-refractivity contribution in [2.45, 2.75) is 45.6 Å². The SMILES string of the molecule is C=CC[C@@]12CC(=O)C[C@@H]1[C@@H](OC)C(C)(C)C2. The van der Waals surface area contributed by atoms with E-state index in [1.165, 1.54) is 0 Å². The van der Waals surface area contributed by atoms with E-state index < -0.39 is 0 Å². The molecule has 0 bridgehead atoms. The lowest BCUT2D eigenvalue weighted by Gasteiger charge is -2.28. The van der Waals surface area contributed by atoms with E-state index in [4.69, 9.17) is 4.74 Å². The number of carbonyl (C=O) groups is 1. The molecule has 2 fully saturated rings. The van der Waals surface area contributed by atoms with Crippen LogP contribution in [0.25, 0.3) is 0 Å². The first kappa shape index (κ1) is 11.8. The predicted octanol–water partition coefficient (Wildman–Crippen LogP) is 2.97. The van der Waals surface area contributed by atoms with Crippen molar-refractivity contribution in [3.05, 3.63) is 12.7 Å². The molecule has 3 atom stereocenters. The topological polar surface area (TPSA) is 26.3 Å². The van der Waals surface area contributed by atoms with Gasteiger partial charge in [0.05, 0.1) is 6.10 Å². The highest BCUT2D eigenvalue weighted by atomic mass is 16.5. The van der Waals surface area contributed by atoms with Crippen LogP contribution in [0.5, 0.6) is 0 Å². The highest BCUT2D eigenvalue weighted by molar-refractivity contribution is 5.82. The fraction of sp³-hybridized carbons (Fsp3) is 0.786. The summed E-state index contributed by atoms with van der Waals surface area (Å²) in [6.45, 7) is 8.37. The molecule has 2 saturated carbocycles. The van der Waals surface area contributed by atoms with Crippen molar-refractivity contribution in [2.24, 2.45) is 16.7 Å². The third-order valence-electron chi connectivity index (χ3n) is 4.53. The maximum Gasteiger partial charge on any atom is 0.133 e. The number of ketones is 1. The Kier molecular flexibility index (Phi) is 2.73. The van der Waals surface area contributed by atoms with E-state index in [9.17, 15) is 4.79 Å². The molecule has 0 spiro atoms. The van der Waals surface area contributed by atoms with E-state index in [0.717, 1.165) is 19.3 Å². The molecule has 2 aliphatic carbocycles. The molecule has 0 aromatic heterocycles. The van der Waals surface area contributed by atoms with Crippen LogP contribution in [0.4, 0.5) is 0 Å². The Hall–Kier alpha value is -0.630. The number of allylic oxidation sites excluding steroid dienone is 1. The summed E-state index contributed by atoms with van der Waals surface area (Å²) in [7, 11) is 1.78. The van der Waals surface area contributed by atoms with Crippen LogP contribution < -0.4 is 0 Å². The molecular weight excluding hydrogens is 200 g/mol. The van der Waals surface area contributed by atoms with Gasteiger partial charge in [0.1, 0.15) is 5.78 Å². The van der Waals surface area contributed by atoms with Crippen LogP contribution in [0.1, 0.15) is 39.5 Å². The van der Waals surface area contributed by atoms with E-state index in [-0.39, 0.29) is 16.9 Å². The second-order valence-electron chi connectivity index (χ2n) is 6.20. The summed E-state index contributed by atoms with van der Waals surface area (Å²) in [6.07, 6.45) is 5.66. The average molecular weight is 222 g/mol. The minimum Gasteiger partial charge on any atom is -0.381 e. The van der Waals surface area contributed by atoms with Gasteiger partial charge in [-0.2, -0.15) is 0 Å². The van der Waals surface area contributed by atoms with Crippen LogP contribution in [0.3, 0.4) is 0 Å². The van der Waals surface area contributed by atoms with Gasteiger partial charge < -0.3 is 4.74 Å². The molecule has 0 aromatic rings. The summed E-state index contributed by atoms with van der Waals surface area (Å²) in [6, 6.07) is 0. The van der Waals surface area contributed by atoms with Crippen molar-refractivity contribution < 1.29 is 9.53 Å². The molecule has 90 valence electrons. The van der Waals surface area contributed by atoms with Crippen LogP contribution in [-0.2, 0) is 9.53 Å². The Morgan fingerprint density at radius 2 is 2.25 bits per heavy atom. The molecule has 0 amide bonds. The third kappa shape index (κ3) is 1.55. The molecule has 2 aliphatic rings. The Morgan fingerprint density at radius 3 is 2.81 bits per heavy atom.